The van der Waals surface area contributed by atoms with Crippen LogP contribution in [0, 0.1) is 0 Å². The normalized spacial score (nSPS) is 16.1. The van der Waals surface area contributed by atoms with Crippen molar-refractivity contribution in [3.05, 3.63) is 215 Å². The fourth-order valence-corrected chi connectivity index (χ4v) is 10.2. The number of carbonyl (C=O) groups is 1. The minimum absolute atomic E-state index is 0.0577. The molecule has 0 amide bonds. The van der Waals surface area contributed by atoms with Crippen molar-refractivity contribution >= 4 is 5.97 Å². The van der Waals surface area contributed by atoms with E-state index < -0.39 is 5.97 Å². The molecule has 0 atom stereocenters. The topological polar surface area (TPSA) is 156 Å². The molecule has 16 nitrogen and oxygen atoms in total. The molecule has 0 saturated heterocycles. The van der Waals surface area contributed by atoms with Gasteiger partial charge in [0.2, 0.25) is 0 Å². The van der Waals surface area contributed by atoms with Crippen LogP contribution in [0.25, 0.3) is 0 Å². The van der Waals surface area contributed by atoms with Crippen LogP contribution < -0.4 is 66.3 Å². The largest absolute Gasteiger partial charge is 0.493 e. The third kappa shape index (κ3) is 19.6. The summed E-state index contributed by atoms with van der Waals surface area (Å²) < 4.78 is 94.5. The van der Waals surface area contributed by atoms with E-state index in [0.29, 0.717) is 133 Å². The number of esters is 1. The number of ether oxygens (including phenoxy) is 15. The van der Waals surface area contributed by atoms with Crippen LogP contribution in [0.4, 0.5) is 0 Å². The molecule has 90 heavy (non-hydrogen) atoms. The van der Waals surface area contributed by atoms with Gasteiger partial charge in [-0.2, -0.15) is 0 Å². The summed E-state index contributed by atoms with van der Waals surface area (Å²) in [6.07, 6.45) is 22.6. The number of benzene rings is 7. The SMILES string of the molecule is COC(=O)c1cc(OCc2cc3cc(c2)OCc2cc4cc(c2)OCCC=CCCOc2cc(cc(c2)OCCC=CCCO4)CO3)cc(OCc2cc3cc(c2)OCc2cc4cc(c2)OCC/C=C\CCOc2cc(cc(c2)OCCC=CCCO4)CO3)c1. The van der Waals surface area contributed by atoms with Crippen molar-refractivity contribution in [2.24, 2.45) is 0 Å². The Kier molecular flexibility index (Phi) is 22.3. The molecule has 468 valence electrons. The number of fused-ring (bicyclic) bond motifs is 12. The number of rotatable bonds is 7. The molecule has 0 aliphatic carbocycles. The van der Waals surface area contributed by atoms with E-state index in [-0.39, 0.29) is 45.2 Å². The van der Waals surface area contributed by atoms with E-state index in [2.05, 4.69) is 48.6 Å². The zero-order valence-electron chi connectivity index (χ0n) is 50.8. The van der Waals surface area contributed by atoms with E-state index in [0.717, 1.165) is 84.7 Å². The van der Waals surface area contributed by atoms with Crippen LogP contribution in [0.3, 0.4) is 0 Å². The van der Waals surface area contributed by atoms with Gasteiger partial charge in [-0.3, -0.25) is 0 Å². The first kappa shape index (κ1) is 61.8. The first-order valence-electron chi connectivity index (χ1n) is 30.8. The van der Waals surface area contributed by atoms with Crippen molar-refractivity contribution in [1.82, 2.24) is 0 Å². The second kappa shape index (κ2) is 32.4. The molecule has 0 spiro atoms. The fraction of sp³-hybridized carbons (Fsp3) is 0.311. The van der Waals surface area contributed by atoms with Crippen LogP contribution in [0.15, 0.2) is 176 Å². The average molecular weight is 1220 g/mol. The second-order valence-corrected chi connectivity index (χ2v) is 21.8. The summed E-state index contributed by atoms with van der Waals surface area (Å²) in [5.74, 6) is 7.74. The molecule has 0 fully saturated rings. The van der Waals surface area contributed by atoms with Crippen LogP contribution in [-0.2, 0) is 44.4 Å². The lowest BCUT2D eigenvalue weighted by Crippen LogP contribution is -2.06. The first-order chi connectivity index (χ1) is 44.3. The van der Waals surface area contributed by atoms with Crippen LogP contribution in [-0.4, -0.2) is 65.9 Å². The summed E-state index contributed by atoms with van der Waals surface area (Å²) in [4.78, 5) is 13.3. The van der Waals surface area contributed by atoms with Crippen LogP contribution in [0.5, 0.6) is 80.5 Å². The average Bonchev–Trinajstić information content (AvgIpc) is 3.27. The van der Waals surface area contributed by atoms with Gasteiger partial charge in [-0.1, -0.05) is 48.6 Å². The third-order valence-electron chi connectivity index (χ3n) is 14.5. The van der Waals surface area contributed by atoms with Crippen LogP contribution in [0.1, 0.15) is 95.1 Å². The van der Waals surface area contributed by atoms with E-state index in [1.807, 2.05) is 109 Å². The molecule has 16 heteroatoms. The summed E-state index contributed by atoms with van der Waals surface area (Å²) >= 11 is 0. The summed E-state index contributed by atoms with van der Waals surface area (Å²) in [6, 6.07) is 39.7. The van der Waals surface area contributed by atoms with Gasteiger partial charge in [-0.05, 0) is 170 Å². The van der Waals surface area contributed by atoms with Crippen molar-refractivity contribution in [2.75, 3.05) is 60.0 Å². The molecule has 16 bridgehead atoms. The molecule has 7 aromatic carbocycles. The zero-order valence-corrected chi connectivity index (χ0v) is 50.8. The first-order valence-corrected chi connectivity index (χ1v) is 30.8. The molecular formula is C74H76O16. The maximum Gasteiger partial charge on any atom is 0.338 e. The highest BCUT2D eigenvalue weighted by atomic mass is 16.5. The second-order valence-electron chi connectivity index (χ2n) is 21.8. The molecule has 0 aromatic heterocycles. The molecule has 0 radical (unpaired) electrons. The Morgan fingerprint density at radius 1 is 0.289 bits per heavy atom. The monoisotopic (exact) mass is 1220 g/mol. The van der Waals surface area contributed by atoms with Gasteiger partial charge in [0.05, 0.1) is 65.5 Å². The Morgan fingerprint density at radius 3 is 0.733 bits per heavy atom. The number of hydrogen-bond donors (Lipinski definition) is 0. The maximum atomic E-state index is 13.3. The lowest BCUT2D eigenvalue weighted by molar-refractivity contribution is 0.0599. The number of carbonyl (C=O) groups excluding carboxylic acids is 1. The van der Waals surface area contributed by atoms with Gasteiger partial charge in [0, 0.05) is 42.5 Å². The quantitative estimate of drug-likeness (QED) is 0.110. The van der Waals surface area contributed by atoms with E-state index in [4.69, 9.17) is 71.1 Å². The van der Waals surface area contributed by atoms with Gasteiger partial charge in [-0.25, -0.2) is 4.79 Å². The Labute approximate surface area is 526 Å². The van der Waals surface area contributed by atoms with Crippen molar-refractivity contribution in [1.29, 1.82) is 0 Å². The van der Waals surface area contributed by atoms with E-state index in [1.165, 1.54) is 7.11 Å². The van der Waals surface area contributed by atoms with Gasteiger partial charge < -0.3 is 71.1 Å². The fourth-order valence-electron chi connectivity index (χ4n) is 10.2. The highest BCUT2D eigenvalue weighted by molar-refractivity contribution is 5.90. The lowest BCUT2D eigenvalue weighted by Gasteiger charge is -2.16. The maximum absolute atomic E-state index is 13.3. The molecule has 0 saturated carbocycles. The van der Waals surface area contributed by atoms with Crippen LogP contribution in [0.2, 0.25) is 0 Å². The van der Waals surface area contributed by atoms with E-state index >= 15 is 0 Å². The molecule has 0 unspecified atom stereocenters. The minimum Gasteiger partial charge on any atom is -0.493 e. The Balaban J connectivity index is 0.859. The Bertz CT molecular complexity index is 3100. The molecule has 7 aromatic rings. The number of methoxy groups -OCH3 is 1. The zero-order chi connectivity index (χ0) is 61.4. The summed E-state index contributed by atoms with van der Waals surface area (Å²) in [5.41, 5.74) is 5.13. The van der Waals surface area contributed by atoms with Gasteiger partial charge >= 0.3 is 5.97 Å². The van der Waals surface area contributed by atoms with Crippen molar-refractivity contribution in [3.63, 3.8) is 0 Å². The minimum atomic E-state index is -0.567. The summed E-state index contributed by atoms with van der Waals surface area (Å²) in [7, 11) is 1.33. The van der Waals surface area contributed by atoms with Gasteiger partial charge in [0.25, 0.3) is 0 Å². The Hall–Kier alpha value is -9.83. The van der Waals surface area contributed by atoms with E-state index in [9.17, 15) is 4.79 Å². The molecule has 11 rings (SSSR count). The Morgan fingerprint density at radius 2 is 0.511 bits per heavy atom. The lowest BCUT2D eigenvalue weighted by atomic mass is 10.1. The summed E-state index contributed by atoms with van der Waals surface area (Å²) in [5, 5.41) is 0. The molecule has 0 N–H and O–H groups in total. The van der Waals surface area contributed by atoms with Crippen molar-refractivity contribution in [2.45, 2.75) is 91.0 Å². The molecule has 4 heterocycles. The van der Waals surface area contributed by atoms with Gasteiger partial charge in [-0.15, -0.1) is 0 Å². The van der Waals surface area contributed by atoms with Crippen LogP contribution >= 0.6 is 0 Å². The molecule has 4 aliphatic heterocycles. The smallest absolute Gasteiger partial charge is 0.338 e. The predicted octanol–water partition coefficient (Wildman–Crippen LogP) is 15.4. The van der Waals surface area contributed by atoms with Gasteiger partial charge in [0.15, 0.2) is 0 Å². The molecule has 4 aliphatic rings. The number of hydrogen-bond acceptors (Lipinski definition) is 16. The standard InChI is InChI=1S/C74H76O16/c1-76-74(75)59-38-72(89-51-57-34-68-44-69(35-57)86-48-54-27-61-41-63(29-54)80-21-13-5-4-12-20-79-62-28-53(47-85-68)26-60(40-62)77-18-10-2-3-11-19-78-61)46-73(39-59)90-52-58-36-70-45-71(37-58)88-50-56-31-65-43-67(33-56)84-25-17-9-8-16-24-83-66-32-55(49-87-70)30-64(42-66)81-22-14-6-7-15-23-82-65/h2-9,26-46H,10-25,47-52H2,1H3/b3-2-,5-4?,7-6?,9-8?. The third-order valence-corrected chi connectivity index (χ3v) is 14.5. The van der Waals surface area contributed by atoms with Gasteiger partial charge in [0.1, 0.15) is 120 Å². The highest BCUT2D eigenvalue weighted by Crippen LogP contribution is 2.34. The molecular weight excluding hydrogens is 1140 g/mol. The van der Waals surface area contributed by atoms with Crippen molar-refractivity contribution in [3.8, 4) is 80.5 Å². The van der Waals surface area contributed by atoms with E-state index in [1.54, 1.807) is 18.2 Å². The predicted molar refractivity (Wildman–Crippen MR) is 340 cm³/mol. The van der Waals surface area contributed by atoms with Crippen molar-refractivity contribution < 1.29 is 75.8 Å². The highest BCUT2D eigenvalue weighted by Gasteiger charge is 2.17. The summed E-state index contributed by atoms with van der Waals surface area (Å²) in [6.45, 7) is 4.81.